The first kappa shape index (κ1) is 92.0. The van der Waals surface area contributed by atoms with Gasteiger partial charge in [-0.25, -0.2) is 77.4 Å². The van der Waals surface area contributed by atoms with Gasteiger partial charge in [-0.15, -0.1) is 0 Å². The number of H-pyrrole nitrogens is 4. The van der Waals surface area contributed by atoms with Gasteiger partial charge in [0.15, 0.2) is 52.1 Å². The van der Waals surface area contributed by atoms with Crippen molar-refractivity contribution >= 4 is 67.4 Å². The number of aromatic amines is 4. The number of hydrogen-bond acceptors (Lipinski definition) is 20. The van der Waals surface area contributed by atoms with Crippen molar-refractivity contribution in [3.05, 3.63) is 254 Å². The van der Waals surface area contributed by atoms with Crippen molar-refractivity contribution in [2.24, 2.45) is 78.1 Å². The second-order valence-electron chi connectivity index (χ2n) is 42.2. The molecular formula is C117H115F4N21O4. The lowest BCUT2D eigenvalue weighted by atomic mass is 9.62. The summed E-state index contributed by atoms with van der Waals surface area (Å²) in [4.78, 5) is 68.5. The SMILES string of the molecule is CC1C2CCC(CC2)C1Nc1cc(-c2cc(-c3ccccc3)co2)nc(-c2c[nH]c3ncc(F)cc23)n1.CC1C2CCC(CC2)C1Nc1cc(-c2cc3c(o2)CCCC3)nc(-c2c[nH]c3ncc(F)cc23)n1.CC1C2CCC(CC2)C1Nc1cc(-c2ccc(-c3ccccc3)o2)nc(-c2c[nH]c3ncc(F)cc23)n1.CC1C2CCC(CC2)C1Nc1cc(-c2ccc(-c3cccn3C)o2)nc(-c2c[nH]c3ncc(F)cc23)n1. The lowest BCUT2D eigenvalue weighted by molar-refractivity contribution is 0.0928. The largest absolute Gasteiger partial charge is 0.462 e. The summed E-state index contributed by atoms with van der Waals surface area (Å²) in [6.07, 6.45) is 41.0. The zero-order valence-corrected chi connectivity index (χ0v) is 82.1. The van der Waals surface area contributed by atoms with Gasteiger partial charge in [0, 0.05) is 148 Å². The highest BCUT2D eigenvalue weighted by Gasteiger charge is 2.46. The number of benzene rings is 2. The molecular weight excluding hydrogens is 1840 g/mol. The zero-order chi connectivity index (χ0) is 98.5. The summed E-state index contributed by atoms with van der Waals surface area (Å²) in [5, 5.41) is 17.8. The number of halogens is 4. The summed E-state index contributed by atoms with van der Waals surface area (Å²) in [5.74, 6) is 17.1. The van der Waals surface area contributed by atoms with E-state index in [1.54, 1.807) is 24.9 Å². The molecule has 0 amide bonds. The van der Waals surface area contributed by atoms with E-state index < -0.39 is 17.5 Å². The summed E-state index contributed by atoms with van der Waals surface area (Å²) in [6.45, 7) is 9.47. The average molecular weight is 1960 g/mol. The third kappa shape index (κ3) is 18.1. The van der Waals surface area contributed by atoms with E-state index in [9.17, 15) is 17.6 Å². The Balaban J connectivity index is 0.000000102. The highest BCUT2D eigenvalue weighted by Crippen LogP contribution is 2.52. The predicted octanol–water partition coefficient (Wildman–Crippen LogP) is 27.8. The molecule has 12 fully saturated rings. The van der Waals surface area contributed by atoms with E-state index in [0.29, 0.717) is 190 Å². The maximum Gasteiger partial charge on any atom is 0.164 e. The Morgan fingerprint density at radius 2 is 0.651 bits per heavy atom. The van der Waals surface area contributed by atoms with E-state index in [1.165, 1.54) is 164 Å². The van der Waals surface area contributed by atoms with E-state index in [4.69, 9.17) is 57.5 Å². The fraction of sp³-hybridized carbons (Fsp3) is 0.350. The molecule has 29 heteroatoms. The number of hydrogen-bond donors (Lipinski definition) is 8. The molecule has 13 aliphatic rings. The minimum Gasteiger partial charge on any atom is -0.462 e. The highest BCUT2D eigenvalue weighted by atomic mass is 19.1. The molecule has 8 bridgehead atoms. The van der Waals surface area contributed by atoms with Crippen molar-refractivity contribution in [1.29, 1.82) is 0 Å². The van der Waals surface area contributed by atoms with Crippen LogP contribution in [0.25, 0.3) is 169 Å². The zero-order valence-electron chi connectivity index (χ0n) is 82.1. The standard InChI is InChI=1S/2C30H28FN5O.C29H29FN6O.C28H30FN5O/c1-17-18-7-9-20(10-8-18)28(17)35-27-13-25(26-11-21(16-37-26)19-5-3-2-4-6-19)34-30(36-27)24-15-33-29-23(24)12-22(31)14-32-29;1-17-18-7-9-20(10-8-18)28(17)35-27-14-24(26-12-11-25(37-26)19-5-3-2-4-6-19)34-30(36-27)23-16-33-29-22(23)13-21(31)15-32-29;1-16-17-5-7-18(8-6-17)27(16)34-26-13-22(24-9-10-25(37-24)23-4-3-11-36(23)2)33-29(35-26)21-15-32-28-20(21)12-19(30)14-31-28;1-15-16-6-8-17(9-7-16)26(15)33-25-12-22(24-10-18-4-2-3-5-23(18)35-24)32-28(34-25)21-14-31-27-20(21)11-19(29)13-30-27/h2*2-6,11-18,20,28H,7-10H2,1H3,(H,32,33)(H,34,35,36);3-4,9-18,27H,5-8H2,1-2H3,(H,31,32)(H,33,34,35);10-17,26H,2-9H2,1H3,(H,30,31)(H,32,33,34). The van der Waals surface area contributed by atoms with Gasteiger partial charge in [0.1, 0.15) is 103 Å². The molecule has 12 saturated carbocycles. The van der Waals surface area contributed by atoms with E-state index >= 15 is 0 Å². The summed E-state index contributed by atoms with van der Waals surface area (Å²) < 4.78 is 83.2. The fourth-order valence-corrected chi connectivity index (χ4v) is 25.8. The van der Waals surface area contributed by atoms with Gasteiger partial charge < -0.3 is 63.4 Å². The van der Waals surface area contributed by atoms with Gasteiger partial charge in [0.05, 0.1) is 36.7 Å². The van der Waals surface area contributed by atoms with Crippen LogP contribution in [0.3, 0.4) is 0 Å². The first-order chi connectivity index (χ1) is 71.4. The lowest BCUT2D eigenvalue weighted by Gasteiger charge is -2.47. The van der Waals surface area contributed by atoms with Gasteiger partial charge in [0.25, 0.3) is 0 Å². The molecule has 17 heterocycles. The maximum absolute atomic E-state index is 14.1. The number of aromatic nitrogens is 17. The number of furan rings is 4. The molecule has 8 atom stereocenters. The monoisotopic (exact) mass is 1950 g/mol. The molecule has 32 rings (SSSR count). The van der Waals surface area contributed by atoms with E-state index in [0.717, 1.165) is 123 Å². The van der Waals surface area contributed by atoms with Crippen LogP contribution in [0.1, 0.15) is 155 Å². The third-order valence-electron chi connectivity index (χ3n) is 33.8. The van der Waals surface area contributed by atoms with Crippen LogP contribution < -0.4 is 21.3 Å². The van der Waals surface area contributed by atoms with Gasteiger partial charge >= 0.3 is 0 Å². The minimum atomic E-state index is -0.395. The maximum atomic E-state index is 14.1. The Kier molecular flexibility index (Phi) is 24.4. The van der Waals surface area contributed by atoms with Crippen LogP contribution in [0.15, 0.2) is 237 Å². The van der Waals surface area contributed by atoms with Crippen molar-refractivity contribution in [3.8, 4) is 125 Å². The van der Waals surface area contributed by atoms with Crippen LogP contribution in [0.2, 0.25) is 0 Å². The number of nitrogens with zero attached hydrogens (tertiary/aromatic N) is 13. The van der Waals surface area contributed by atoms with Crippen LogP contribution in [0, 0.1) is 94.3 Å². The first-order valence-corrected chi connectivity index (χ1v) is 52.2. The van der Waals surface area contributed by atoms with Crippen molar-refractivity contribution in [3.63, 3.8) is 0 Å². The number of anilines is 4. The molecule has 146 heavy (non-hydrogen) atoms. The van der Waals surface area contributed by atoms with E-state index in [2.05, 4.69) is 107 Å². The van der Waals surface area contributed by atoms with Crippen LogP contribution in [0.4, 0.5) is 40.8 Å². The Labute approximate surface area is 841 Å². The second-order valence-corrected chi connectivity index (χ2v) is 42.2. The lowest BCUT2D eigenvalue weighted by Crippen LogP contribution is -2.47. The van der Waals surface area contributed by atoms with Gasteiger partial charge in [0.2, 0.25) is 0 Å². The summed E-state index contributed by atoms with van der Waals surface area (Å²) in [5.41, 5.74) is 13.4. The number of aryl methyl sites for hydroxylation is 3. The van der Waals surface area contributed by atoms with Crippen LogP contribution in [-0.2, 0) is 19.9 Å². The van der Waals surface area contributed by atoms with Crippen LogP contribution >= 0.6 is 0 Å². The normalized spacial score (nSPS) is 23.7. The van der Waals surface area contributed by atoms with E-state index in [1.807, 2.05) is 139 Å². The Hall–Kier alpha value is -15.2. The van der Waals surface area contributed by atoms with Crippen LogP contribution in [0.5, 0.6) is 0 Å². The van der Waals surface area contributed by atoms with Gasteiger partial charge in [-0.2, -0.15) is 0 Å². The molecule has 8 N–H and O–H groups in total. The quantitative estimate of drug-likeness (QED) is 0.0349. The molecule has 25 nitrogen and oxygen atoms in total. The number of pyridine rings is 4. The van der Waals surface area contributed by atoms with E-state index in [-0.39, 0.29) is 5.82 Å². The molecule has 0 spiro atoms. The van der Waals surface area contributed by atoms with Crippen molar-refractivity contribution < 1.29 is 35.2 Å². The summed E-state index contributed by atoms with van der Waals surface area (Å²) >= 11 is 0. The van der Waals surface area contributed by atoms with Crippen molar-refractivity contribution in [2.75, 3.05) is 21.3 Å². The number of nitrogens with one attached hydrogen (secondary N) is 8. The molecule has 19 aromatic rings. The number of fused-ring (bicyclic) bond motifs is 17. The molecule has 0 saturated heterocycles. The summed E-state index contributed by atoms with van der Waals surface area (Å²) in [6, 6.07) is 51.5. The predicted molar refractivity (Wildman–Crippen MR) is 559 cm³/mol. The van der Waals surface area contributed by atoms with Crippen molar-refractivity contribution in [2.45, 2.75) is 180 Å². The molecule has 0 radical (unpaired) electrons. The third-order valence-corrected chi connectivity index (χ3v) is 33.8. The van der Waals surface area contributed by atoms with Crippen LogP contribution in [-0.4, -0.2) is 108 Å². The molecule has 8 unspecified atom stereocenters. The Morgan fingerprint density at radius 3 is 1.01 bits per heavy atom. The topological polar surface area (TPSA) is 323 Å². The number of rotatable bonds is 19. The average Bonchev–Trinajstić information content (AvgIpc) is 1.12. The second kappa shape index (κ2) is 38.8. The molecule has 2 aromatic carbocycles. The molecule has 13 aliphatic carbocycles. The Bertz CT molecular complexity index is 7710. The Morgan fingerprint density at radius 1 is 0.315 bits per heavy atom. The summed E-state index contributed by atoms with van der Waals surface area (Å²) in [7, 11) is 1.99. The van der Waals surface area contributed by atoms with Gasteiger partial charge in [-0.1, -0.05) is 88.4 Å². The molecule has 740 valence electrons. The first-order valence-electron chi connectivity index (χ1n) is 52.2. The molecule has 0 aliphatic heterocycles. The fourth-order valence-electron chi connectivity index (χ4n) is 25.8. The van der Waals surface area contributed by atoms with Gasteiger partial charge in [-0.3, -0.25) is 0 Å². The minimum absolute atomic E-state index is 0.376. The highest BCUT2D eigenvalue weighted by molar-refractivity contribution is 5.95. The van der Waals surface area contributed by atoms with Gasteiger partial charge in [-0.05, 0) is 277 Å². The molecule has 17 aromatic heterocycles. The smallest absolute Gasteiger partial charge is 0.164 e. The van der Waals surface area contributed by atoms with Crippen molar-refractivity contribution in [1.82, 2.24) is 84.3 Å².